The fraction of sp³-hybridized carbons (Fsp3) is 0.444. The minimum Gasteiger partial charge on any atom is -0.373 e. The fourth-order valence-corrected chi connectivity index (χ4v) is 3.66. The SMILES string of the molecule is CN=C(NCc1cnn(-c2ccc(Cl)cc2)c1)NC1CC2CCC1O2.I. The molecule has 2 aliphatic heterocycles. The number of aliphatic imine (C=N–C) groups is 1. The number of halogens is 2. The number of fused-ring (bicyclic) bond motifs is 2. The number of hydrogen-bond donors (Lipinski definition) is 2. The second-order valence-electron chi connectivity index (χ2n) is 6.56. The molecule has 1 aromatic carbocycles. The molecular weight excluding hydrogens is 465 g/mol. The summed E-state index contributed by atoms with van der Waals surface area (Å²) in [4.78, 5) is 4.32. The molecule has 26 heavy (non-hydrogen) atoms. The number of nitrogens with zero attached hydrogens (tertiary/aromatic N) is 3. The van der Waals surface area contributed by atoms with Crippen LogP contribution in [-0.2, 0) is 11.3 Å². The van der Waals surface area contributed by atoms with Crippen molar-refractivity contribution in [3.8, 4) is 5.69 Å². The molecule has 3 atom stereocenters. The molecule has 0 amide bonds. The monoisotopic (exact) mass is 487 g/mol. The Kier molecular flexibility index (Phi) is 6.42. The summed E-state index contributed by atoms with van der Waals surface area (Å²) >= 11 is 5.93. The Morgan fingerprint density at radius 3 is 2.81 bits per heavy atom. The van der Waals surface area contributed by atoms with Gasteiger partial charge in [-0.1, -0.05) is 11.6 Å². The molecule has 2 saturated heterocycles. The molecular formula is C18H23ClIN5O. The van der Waals surface area contributed by atoms with Crippen molar-refractivity contribution in [2.45, 2.75) is 44.1 Å². The van der Waals surface area contributed by atoms with Crippen LogP contribution < -0.4 is 10.6 Å². The van der Waals surface area contributed by atoms with Crippen molar-refractivity contribution in [1.82, 2.24) is 20.4 Å². The van der Waals surface area contributed by atoms with Crippen molar-refractivity contribution in [3.05, 3.63) is 47.2 Å². The van der Waals surface area contributed by atoms with Crippen LogP contribution in [0.15, 0.2) is 41.7 Å². The normalized spacial score (nSPS) is 24.4. The molecule has 2 aliphatic rings. The molecule has 0 radical (unpaired) electrons. The molecule has 2 bridgehead atoms. The summed E-state index contributed by atoms with van der Waals surface area (Å²) in [5, 5.41) is 12.0. The second kappa shape index (κ2) is 8.58. The van der Waals surface area contributed by atoms with E-state index >= 15 is 0 Å². The fourth-order valence-electron chi connectivity index (χ4n) is 3.53. The van der Waals surface area contributed by atoms with Crippen LogP contribution >= 0.6 is 35.6 Å². The highest BCUT2D eigenvalue weighted by atomic mass is 127. The van der Waals surface area contributed by atoms with Gasteiger partial charge in [0, 0.05) is 30.4 Å². The Labute approximate surface area is 175 Å². The third kappa shape index (κ3) is 4.32. The van der Waals surface area contributed by atoms with E-state index in [2.05, 4.69) is 20.7 Å². The van der Waals surface area contributed by atoms with Gasteiger partial charge in [0.15, 0.2) is 5.96 Å². The van der Waals surface area contributed by atoms with E-state index in [1.165, 1.54) is 6.42 Å². The quantitative estimate of drug-likeness (QED) is 0.395. The van der Waals surface area contributed by atoms with Crippen LogP contribution in [0.3, 0.4) is 0 Å². The zero-order valence-electron chi connectivity index (χ0n) is 14.6. The minimum atomic E-state index is 0. The number of ether oxygens (including phenoxy) is 1. The topological polar surface area (TPSA) is 63.5 Å². The predicted molar refractivity (Wildman–Crippen MR) is 114 cm³/mol. The minimum absolute atomic E-state index is 0. The zero-order chi connectivity index (χ0) is 17.2. The first-order valence-electron chi connectivity index (χ1n) is 8.63. The van der Waals surface area contributed by atoms with E-state index in [9.17, 15) is 0 Å². The lowest BCUT2D eigenvalue weighted by atomic mass is 9.96. The summed E-state index contributed by atoms with van der Waals surface area (Å²) in [7, 11) is 1.79. The van der Waals surface area contributed by atoms with Crippen molar-refractivity contribution >= 4 is 41.5 Å². The molecule has 8 heteroatoms. The molecule has 0 saturated carbocycles. The third-order valence-corrected chi connectivity index (χ3v) is 5.09. The molecule has 6 nitrogen and oxygen atoms in total. The van der Waals surface area contributed by atoms with Gasteiger partial charge in [0.1, 0.15) is 0 Å². The van der Waals surface area contributed by atoms with Crippen LogP contribution in [0, 0.1) is 0 Å². The Hall–Kier alpha value is -1.32. The van der Waals surface area contributed by atoms with Gasteiger partial charge in [-0.2, -0.15) is 5.10 Å². The lowest BCUT2D eigenvalue weighted by Crippen LogP contribution is -2.47. The third-order valence-electron chi connectivity index (χ3n) is 4.84. The lowest BCUT2D eigenvalue weighted by molar-refractivity contribution is 0.0992. The average Bonchev–Trinajstić information content (AvgIpc) is 3.36. The molecule has 140 valence electrons. The maximum atomic E-state index is 5.93. The molecule has 3 unspecified atom stereocenters. The van der Waals surface area contributed by atoms with E-state index in [4.69, 9.17) is 16.3 Å². The summed E-state index contributed by atoms with van der Waals surface area (Å²) in [6.45, 7) is 0.662. The first-order valence-corrected chi connectivity index (χ1v) is 9.01. The van der Waals surface area contributed by atoms with E-state index in [0.29, 0.717) is 24.8 Å². The standard InChI is InChI=1S/C18H22ClN5O.HI/c1-20-18(23-16-8-15-6-7-17(16)25-15)21-9-12-10-22-24(11-12)14-4-2-13(19)3-5-14;/h2-5,10-11,15-17H,6-9H2,1H3,(H2,20,21,23);1H. The molecule has 2 aromatic rings. The molecule has 3 heterocycles. The van der Waals surface area contributed by atoms with Crippen molar-refractivity contribution in [3.63, 3.8) is 0 Å². The van der Waals surface area contributed by atoms with Crippen molar-refractivity contribution < 1.29 is 4.74 Å². The molecule has 0 spiro atoms. The Morgan fingerprint density at radius 2 is 2.15 bits per heavy atom. The van der Waals surface area contributed by atoms with Crippen molar-refractivity contribution in [2.75, 3.05) is 7.05 Å². The maximum Gasteiger partial charge on any atom is 0.191 e. The van der Waals surface area contributed by atoms with E-state index in [0.717, 1.165) is 35.1 Å². The van der Waals surface area contributed by atoms with Crippen molar-refractivity contribution in [2.24, 2.45) is 4.99 Å². The first-order chi connectivity index (χ1) is 12.2. The van der Waals surface area contributed by atoms with Gasteiger partial charge < -0.3 is 15.4 Å². The van der Waals surface area contributed by atoms with E-state index in [1.807, 2.05) is 41.3 Å². The summed E-state index contributed by atoms with van der Waals surface area (Å²) in [6, 6.07) is 7.98. The average molecular weight is 488 g/mol. The smallest absolute Gasteiger partial charge is 0.191 e. The number of rotatable bonds is 4. The maximum absolute atomic E-state index is 5.93. The van der Waals surface area contributed by atoms with Crippen LogP contribution in [0.4, 0.5) is 0 Å². The molecule has 2 fully saturated rings. The van der Waals surface area contributed by atoms with Gasteiger partial charge in [-0.3, -0.25) is 4.99 Å². The Morgan fingerprint density at radius 1 is 1.35 bits per heavy atom. The van der Waals surface area contributed by atoms with E-state index in [-0.39, 0.29) is 24.0 Å². The van der Waals surface area contributed by atoms with Gasteiger partial charge in [0.25, 0.3) is 0 Å². The molecule has 0 aliphatic carbocycles. The number of hydrogen-bond acceptors (Lipinski definition) is 3. The van der Waals surface area contributed by atoms with Gasteiger partial charge in [0.2, 0.25) is 0 Å². The first kappa shape index (κ1) is 19.4. The van der Waals surface area contributed by atoms with Crippen molar-refractivity contribution in [1.29, 1.82) is 0 Å². The van der Waals surface area contributed by atoms with Gasteiger partial charge in [-0.05, 0) is 43.5 Å². The van der Waals surface area contributed by atoms with E-state index < -0.39 is 0 Å². The number of benzene rings is 1. The number of nitrogens with one attached hydrogen (secondary N) is 2. The highest BCUT2D eigenvalue weighted by Crippen LogP contribution is 2.34. The van der Waals surface area contributed by atoms with Crippen LogP contribution in [0.2, 0.25) is 5.02 Å². The predicted octanol–water partition coefficient (Wildman–Crippen LogP) is 3.13. The van der Waals surface area contributed by atoms with Gasteiger partial charge in [0.05, 0.1) is 30.1 Å². The molecule has 4 rings (SSSR count). The zero-order valence-corrected chi connectivity index (χ0v) is 17.6. The second-order valence-corrected chi connectivity index (χ2v) is 6.99. The van der Waals surface area contributed by atoms with Crippen LogP contribution in [0.1, 0.15) is 24.8 Å². The molecule has 2 N–H and O–H groups in total. The Bertz CT molecular complexity index is 763. The van der Waals surface area contributed by atoms with Gasteiger partial charge in [-0.15, -0.1) is 24.0 Å². The summed E-state index contributed by atoms with van der Waals surface area (Å²) in [5.41, 5.74) is 2.07. The molecule has 1 aromatic heterocycles. The summed E-state index contributed by atoms with van der Waals surface area (Å²) in [6.07, 6.45) is 8.03. The van der Waals surface area contributed by atoms with Gasteiger partial charge >= 0.3 is 0 Å². The highest BCUT2D eigenvalue weighted by Gasteiger charge is 2.41. The number of aromatic nitrogens is 2. The highest BCUT2D eigenvalue weighted by molar-refractivity contribution is 14.0. The number of guanidine groups is 1. The summed E-state index contributed by atoms with van der Waals surface area (Å²) in [5.74, 6) is 0.806. The summed E-state index contributed by atoms with van der Waals surface area (Å²) < 4.78 is 7.73. The van der Waals surface area contributed by atoms with E-state index in [1.54, 1.807) is 7.05 Å². The van der Waals surface area contributed by atoms with Gasteiger partial charge in [-0.25, -0.2) is 4.68 Å². The van der Waals surface area contributed by atoms with Crippen LogP contribution in [-0.4, -0.2) is 41.0 Å². The largest absolute Gasteiger partial charge is 0.373 e. The van der Waals surface area contributed by atoms with Crippen LogP contribution in [0.25, 0.3) is 5.69 Å². The lowest BCUT2D eigenvalue weighted by Gasteiger charge is -2.22. The van der Waals surface area contributed by atoms with Crippen LogP contribution in [0.5, 0.6) is 0 Å². The Balaban J connectivity index is 0.00000196.